The van der Waals surface area contributed by atoms with Crippen LogP contribution >= 0.6 is 27.5 Å². The van der Waals surface area contributed by atoms with Gasteiger partial charge in [-0.05, 0) is 35.0 Å². The number of hydrogen-bond donors (Lipinski definition) is 0. The van der Waals surface area contributed by atoms with Crippen molar-refractivity contribution in [1.29, 1.82) is 0 Å². The van der Waals surface area contributed by atoms with E-state index in [2.05, 4.69) is 15.9 Å². The van der Waals surface area contributed by atoms with E-state index < -0.39 is 0 Å². The number of nitrogens with zero attached hydrogens (tertiary/aromatic N) is 1. The first-order chi connectivity index (χ1) is 8.63. The van der Waals surface area contributed by atoms with Crippen LogP contribution in [0.5, 0.6) is 0 Å². The molecule has 1 saturated heterocycles. The first-order valence-corrected chi connectivity index (χ1v) is 7.19. The highest BCUT2D eigenvalue weighted by molar-refractivity contribution is 9.10. The molecule has 2 rings (SSSR count). The average Bonchev–Trinajstić information content (AvgIpc) is 2.39. The summed E-state index contributed by atoms with van der Waals surface area (Å²) in [4.78, 5) is 14.3. The summed E-state index contributed by atoms with van der Waals surface area (Å²) in [5.74, 6) is 0.431. The molecule has 1 heterocycles. The molecular weight excluding hydrogens is 318 g/mol. The van der Waals surface area contributed by atoms with Gasteiger partial charge in [0.2, 0.25) is 0 Å². The van der Waals surface area contributed by atoms with E-state index in [1.54, 1.807) is 0 Å². The lowest BCUT2D eigenvalue weighted by molar-refractivity contribution is -0.0372. The Balaban J connectivity index is 2.19. The second-order valence-corrected chi connectivity index (χ2v) is 5.56. The Bertz CT molecular complexity index is 441. The van der Waals surface area contributed by atoms with E-state index in [0.29, 0.717) is 24.6 Å². The van der Waals surface area contributed by atoms with Crippen molar-refractivity contribution in [1.82, 2.24) is 4.90 Å². The van der Waals surface area contributed by atoms with Gasteiger partial charge in [-0.1, -0.05) is 12.1 Å². The summed E-state index contributed by atoms with van der Waals surface area (Å²) >= 11 is 9.21. The third-order valence-electron chi connectivity index (χ3n) is 3.04. The molecule has 0 bridgehead atoms. The summed E-state index contributed by atoms with van der Waals surface area (Å²) < 4.78 is 6.36. The molecule has 0 spiro atoms. The number of amides is 1. The van der Waals surface area contributed by atoms with E-state index in [1.165, 1.54) is 0 Å². The summed E-state index contributed by atoms with van der Waals surface area (Å²) in [5, 5.41) is 0. The van der Waals surface area contributed by atoms with Crippen LogP contribution in [0.3, 0.4) is 0 Å². The molecule has 0 aliphatic carbocycles. The Hall–Kier alpha value is -0.580. The standard InChI is InChI=1S/C13H15BrClNO2/c1-9-8-18-10(6-15)7-16(9)13(17)11-4-2-3-5-12(11)14/h2-5,9-10H,6-8H2,1H3. The lowest BCUT2D eigenvalue weighted by atomic mass is 10.1. The Morgan fingerprint density at radius 3 is 2.94 bits per heavy atom. The zero-order valence-corrected chi connectivity index (χ0v) is 12.4. The van der Waals surface area contributed by atoms with Crippen LogP contribution in [-0.2, 0) is 4.74 Å². The van der Waals surface area contributed by atoms with Crippen LogP contribution < -0.4 is 0 Å². The first-order valence-electron chi connectivity index (χ1n) is 5.86. The van der Waals surface area contributed by atoms with Crippen molar-refractivity contribution in [2.24, 2.45) is 0 Å². The number of morpholine rings is 1. The predicted octanol–water partition coefficient (Wildman–Crippen LogP) is 2.92. The number of benzene rings is 1. The van der Waals surface area contributed by atoms with Crippen LogP contribution in [0.25, 0.3) is 0 Å². The van der Waals surface area contributed by atoms with E-state index in [-0.39, 0.29) is 18.1 Å². The number of hydrogen-bond acceptors (Lipinski definition) is 2. The fourth-order valence-corrected chi connectivity index (χ4v) is 2.62. The first kappa shape index (κ1) is 13.8. The molecule has 18 heavy (non-hydrogen) atoms. The van der Waals surface area contributed by atoms with Crippen LogP contribution in [-0.4, -0.2) is 42.0 Å². The SMILES string of the molecule is CC1COC(CCl)CN1C(=O)c1ccccc1Br. The number of ether oxygens (including phenoxy) is 1. The highest BCUT2D eigenvalue weighted by Crippen LogP contribution is 2.21. The highest BCUT2D eigenvalue weighted by atomic mass is 79.9. The van der Waals surface area contributed by atoms with Crippen LogP contribution in [0.1, 0.15) is 17.3 Å². The van der Waals surface area contributed by atoms with Crippen molar-refractivity contribution in [2.75, 3.05) is 19.0 Å². The summed E-state index contributed by atoms with van der Waals surface area (Å²) in [6.07, 6.45) is -0.0747. The Morgan fingerprint density at radius 2 is 2.28 bits per heavy atom. The van der Waals surface area contributed by atoms with E-state index in [1.807, 2.05) is 36.1 Å². The molecule has 1 aliphatic rings. The van der Waals surface area contributed by atoms with E-state index >= 15 is 0 Å². The summed E-state index contributed by atoms with van der Waals surface area (Å²) in [6.45, 7) is 3.07. The molecule has 1 aliphatic heterocycles. The average molecular weight is 333 g/mol. The van der Waals surface area contributed by atoms with E-state index in [0.717, 1.165) is 4.47 Å². The zero-order valence-electron chi connectivity index (χ0n) is 10.1. The van der Waals surface area contributed by atoms with Gasteiger partial charge >= 0.3 is 0 Å². The molecule has 2 unspecified atom stereocenters. The van der Waals surface area contributed by atoms with Gasteiger partial charge in [0.1, 0.15) is 0 Å². The van der Waals surface area contributed by atoms with Crippen molar-refractivity contribution < 1.29 is 9.53 Å². The fourth-order valence-electron chi connectivity index (χ4n) is 1.98. The molecule has 0 radical (unpaired) electrons. The van der Waals surface area contributed by atoms with Gasteiger partial charge < -0.3 is 9.64 Å². The van der Waals surface area contributed by atoms with Gasteiger partial charge in [-0.2, -0.15) is 0 Å². The predicted molar refractivity (Wildman–Crippen MR) is 75.1 cm³/mol. The molecule has 0 aromatic heterocycles. The topological polar surface area (TPSA) is 29.5 Å². The number of carbonyl (C=O) groups is 1. The maximum absolute atomic E-state index is 12.5. The third kappa shape index (κ3) is 2.87. The van der Waals surface area contributed by atoms with Crippen LogP contribution in [0.2, 0.25) is 0 Å². The van der Waals surface area contributed by atoms with Gasteiger partial charge in [0.25, 0.3) is 5.91 Å². The number of carbonyl (C=O) groups excluding carboxylic acids is 1. The summed E-state index contributed by atoms with van der Waals surface area (Å²) in [5.41, 5.74) is 0.680. The van der Waals surface area contributed by atoms with Crippen molar-refractivity contribution >= 4 is 33.4 Å². The maximum atomic E-state index is 12.5. The van der Waals surface area contributed by atoms with E-state index in [9.17, 15) is 4.79 Å². The highest BCUT2D eigenvalue weighted by Gasteiger charge is 2.30. The van der Waals surface area contributed by atoms with Gasteiger partial charge in [-0.15, -0.1) is 11.6 Å². The Kier molecular flexibility index (Phi) is 4.65. The second-order valence-electron chi connectivity index (χ2n) is 4.40. The molecule has 5 heteroatoms. The fraction of sp³-hybridized carbons (Fsp3) is 0.462. The zero-order chi connectivity index (χ0) is 13.1. The Morgan fingerprint density at radius 1 is 1.56 bits per heavy atom. The molecule has 98 valence electrons. The molecule has 3 nitrogen and oxygen atoms in total. The number of halogens is 2. The molecule has 1 amide bonds. The van der Waals surface area contributed by atoms with Crippen LogP contribution in [0, 0.1) is 0 Å². The van der Waals surface area contributed by atoms with Crippen molar-refractivity contribution in [2.45, 2.75) is 19.1 Å². The minimum atomic E-state index is -0.0747. The van der Waals surface area contributed by atoms with Gasteiger partial charge in [-0.3, -0.25) is 4.79 Å². The molecule has 1 aromatic carbocycles. The minimum Gasteiger partial charge on any atom is -0.373 e. The van der Waals surface area contributed by atoms with E-state index in [4.69, 9.17) is 16.3 Å². The maximum Gasteiger partial charge on any atom is 0.255 e. The lowest BCUT2D eigenvalue weighted by Crippen LogP contribution is -2.51. The van der Waals surface area contributed by atoms with Crippen LogP contribution in [0.15, 0.2) is 28.7 Å². The number of alkyl halides is 1. The normalized spacial score (nSPS) is 24.1. The molecular formula is C13H15BrClNO2. The van der Waals surface area contributed by atoms with Crippen molar-refractivity contribution in [3.8, 4) is 0 Å². The largest absolute Gasteiger partial charge is 0.373 e. The molecule has 0 N–H and O–H groups in total. The third-order valence-corrected chi connectivity index (χ3v) is 4.08. The van der Waals surface area contributed by atoms with Crippen molar-refractivity contribution in [3.63, 3.8) is 0 Å². The summed E-state index contributed by atoms with van der Waals surface area (Å²) in [6, 6.07) is 7.53. The van der Waals surface area contributed by atoms with Gasteiger partial charge in [-0.25, -0.2) is 0 Å². The van der Waals surface area contributed by atoms with Crippen molar-refractivity contribution in [3.05, 3.63) is 34.3 Å². The monoisotopic (exact) mass is 331 g/mol. The molecule has 1 fully saturated rings. The molecule has 0 saturated carbocycles. The molecule has 1 aromatic rings. The lowest BCUT2D eigenvalue weighted by Gasteiger charge is -2.37. The van der Waals surface area contributed by atoms with Crippen LogP contribution in [0.4, 0.5) is 0 Å². The Labute approximate surface area is 120 Å². The van der Waals surface area contributed by atoms with Gasteiger partial charge in [0.05, 0.1) is 30.2 Å². The number of rotatable bonds is 2. The molecule has 2 atom stereocenters. The summed E-state index contributed by atoms with van der Waals surface area (Å²) in [7, 11) is 0. The quantitative estimate of drug-likeness (QED) is 0.779. The smallest absolute Gasteiger partial charge is 0.255 e. The van der Waals surface area contributed by atoms with Gasteiger partial charge in [0.15, 0.2) is 0 Å². The second kappa shape index (κ2) is 6.04. The minimum absolute atomic E-state index is 0.0217. The van der Waals surface area contributed by atoms with Gasteiger partial charge in [0, 0.05) is 11.0 Å².